The number of hydrogen-bond acceptors (Lipinski definition) is 8. The highest BCUT2D eigenvalue weighted by atomic mass is 32.2. The van der Waals surface area contributed by atoms with Gasteiger partial charge in [-0.05, 0) is 73.8 Å². The number of hydrogen-bond donors (Lipinski definition) is 4. The van der Waals surface area contributed by atoms with E-state index in [1.165, 1.54) is 12.1 Å². The zero-order chi connectivity index (χ0) is 39.8. The number of carbonyl (C=O) groups is 1. The summed E-state index contributed by atoms with van der Waals surface area (Å²) >= 11 is 0. The molecule has 294 valence electrons. The lowest BCUT2D eigenvalue weighted by molar-refractivity contribution is -0.276. The van der Waals surface area contributed by atoms with Crippen molar-refractivity contribution < 1.29 is 32.9 Å². The number of sulfonamides is 1. The summed E-state index contributed by atoms with van der Waals surface area (Å²) in [4.78, 5) is 16.1. The van der Waals surface area contributed by atoms with Crippen LogP contribution in [0.15, 0.2) is 138 Å². The number of nitrogens with one attached hydrogen (secondary N) is 2. The summed E-state index contributed by atoms with van der Waals surface area (Å²) in [6.07, 6.45) is -2.09. The molecule has 1 amide bonds. The van der Waals surface area contributed by atoms with Crippen LogP contribution in [-0.2, 0) is 37.3 Å². The number of likely N-dealkylation sites (N-methyl/N-ethyl adjacent to an activating group) is 1. The van der Waals surface area contributed by atoms with Crippen molar-refractivity contribution in [1.82, 2.24) is 9.62 Å². The number of nitrogens with zero attached hydrogens (tertiary/aromatic N) is 1. The van der Waals surface area contributed by atoms with Crippen LogP contribution < -0.4 is 10.0 Å². The average molecular weight is 778 g/mol. The predicted molar refractivity (Wildman–Crippen MR) is 217 cm³/mol. The fourth-order valence-electron chi connectivity index (χ4n) is 6.95. The maximum Gasteiger partial charge on any atom is 0.242 e. The van der Waals surface area contributed by atoms with Crippen molar-refractivity contribution in [2.24, 2.45) is 5.92 Å². The molecule has 0 radical (unpaired) electrons. The van der Waals surface area contributed by atoms with Crippen molar-refractivity contribution in [3.63, 3.8) is 0 Å². The molecule has 0 bridgehead atoms. The van der Waals surface area contributed by atoms with E-state index in [4.69, 9.17) is 9.47 Å². The smallest absolute Gasteiger partial charge is 0.242 e. The van der Waals surface area contributed by atoms with Gasteiger partial charge in [-0.2, -0.15) is 4.72 Å². The number of aliphatic hydroxyl groups excluding tert-OH is 2. The second kappa shape index (κ2) is 18.5. The van der Waals surface area contributed by atoms with Crippen LogP contribution in [0.3, 0.4) is 0 Å². The van der Waals surface area contributed by atoms with Gasteiger partial charge in [0.05, 0.1) is 29.8 Å². The number of ether oxygens (including phenoxy) is 2. The van der Waals surface area contributed by atoms with Gasteiger partial charge in [0.2, 0.25) is 15.9 Å². The Morgan fingerprint density at radius 3 is 2.14 bits per heavy atom. The molecule has 0 spiro atoms. The second-order valence-electron chi connectivity index (χ2n) is 14.6. The minimum atomic E-state index is -4.03. The molecular formula is C45H51N3O7S. The lowest BCUT2D eigenvalue weighted by atomic mass is 9.89. The molecule has 0 saturated carbocycles. The number of carbonyl (C=O) groups excluding carboxylic acids is 1. The third-order valence-corrected chi connectivity index (χ3v) is 12.0. The Hall–Kier alpha value is -4.72. The van der Waals surface area contributed by atoms with Gasteiger partial charge < -0.3 is 25.0 Å². The molecule has 7 atom stereocenters. The zero-order valence-corrected chi connectivity index (χ0v) is 33.0. The molecule has 5 aromatic carbocycles. The topological polar surface area (TPSA) is 137 Å². The van der Waals surface area contributed by atoms with Gasteiger partial charge in [-0.25, -0.2) is 8.42 Å². The van der Waals surface area contributed by atoms with E-state index < -0.39 is 34.4 Å². The normalized spacial score (nSPS) is 20.3. The lowest BCUT2D eigenvalue weighted by Crippen LogP contribution is -2.46. The fraction of sp³-hybridized carbons (Fsp3) is 0.311. The van der Waals surface area contributed by atoms with Gasteiger partial charge in [0.25, 0.3) is 0 Å². The SMILES string of the molecule is Cc1ccc(S(=O)(=O)N[C@H](Cc2ccccc2)C(=O)Nc2cccc([C@@H]3O[C@H](CN(C)[C@@H](C)[C@H](O)c4ccccc4)[C@H](C)[C@H](c4ccc(CO)cc4)O3)c2)cc1. The summed E-state index contributed by atoms with van der Waals surface area (Å²) in [7, 11) is -2.06. The van der Waals surface area contributed by atoms with Gasteiger partial charge in [-0.1, -0.05) is 122 Å². The molecule has 0 aliphatic carbocycles. The molecule has 4 N–H and O–H groups in total. The van der Waals surface area contributed by atoms with Crippen LogP contribution in [0.2, 0.25) is 0 Å². The highest BCUT2D eigenvalue weighted by molar-refractivity contribution is 7.89. The van der Waals surface area contributed by atoms with Crippen molar-refractivity contribution in [1.29, 1.82) is 0 Å². The third kappa shape index (κ3) is 10.2. The van der Waals surface area contributed by atoms with E-state index in [9.17, 15) is 23.4 Å². The summed E-state index contributed by atoms with van der Waals surface area (Å²) in [5.74, 6) is -0.619. The van der Waals surface area contributed by atoms with Crippen LogP contribution >= 0.6 is 0 Å². The lowest BCUT2D eigenvalue weighted by Gasteiger charge is -2.43. The minimum absolute atomic E-state index is 0.0692. The molecule has 1 heterocycles. The Bertz CT molecular complexity index is 2130. The van der Waals surface area contributed by atoms with E-state index in [1.807, 2.05) is 112 Å². The molecule has 0 aromatic heterocycles. The highest BCUT2D eigenvalue weighted by Gasteiger charge is 2.40. The van der Waals surface area contributed by atoms with Crippen molar-refractivity contribution in [3.05, 3.63) is 167 Å². The van der Waals surface area contributed by atoms with E-state index in [-0.39, 0.29) is 42.1 Å². The van der Waals surface area contributed by atoms with Gasteiger partial charge in [-0.3, -0.25) is 9.69 Å². The molecule has 6 rings (SSSR count). The number of amides is 1. The van der Waals surface area contributed by atoms with Crippen LogP contribution in [0, 0.1) is 12.8 Å². The quantitative estimate of drug-likeness (QED) is 0.0906. The van der Waals surface area contributed by atoms with E-state index in [0.29, 0.717) is 17.8 Å². The summed E-state index contributed by atoms with van der Waals surface area (Å²) in [5, 5.41) is 23.8. The second-order valence-corrected chi connectivity index (χ2v) is 16.4. The first-order chi connectivity index (χ1) is 26.9. The number of anilines is 1. The van der Waals surface area contributed by atoms with Crippen molar-refractivity contribution >= 4 is 21.6 Å². The van der Waals surface area contributed by atoms with Crippen molar-refractivity contribution in [2.45, 2.75) is 75.4 Å². The van der Waals surface area contributed by atoms with Gasteiger partial charge >= 0.3 is 0 Å². The third-order valence-electron chi connectivity index (χ3n) is 10.5. The van der Waals surface area contributed by atoms with Gasteiger partial charge in [0.15, 0.2) is 6.29 Å². The minimum Gasteiger partial charge on any atom is -0.392 e. The Balaban J connectivity index is 1.24. The number of benzene rings is 5. The summed E-state index contributed by atoms with van der Waals surface area (Å²) in [6.45, 7) is 6.37. The first-order valence-corrected chi connectivity index (χ1v) is 20.4. The van der Waals surface area contributed by atoms with Crippen molar-refractivity contribution in [3.8, 4) is 0 Å². The average Bonchev–Trinajstić information content (AvgIpc) is 3.21. The molecule has 11 heteroatoms. The van der Waals surface area contributed by atoms with Crippen LogP contribution in [0.5, 0.6) is 0 Å². The van der Waals surface area contributed by atoms with Crippen LogP contribution in [0.4, 0.5) is 5.69 Å². The Labute approximate surface area is 330 Å². The molecule has 1 aliphatic heterocycles. The van der Waals surface area contributed by atoms with Gasteiger partial charge in [0.1, 0.15) is 6.04 Å². The van der Waals surface area contributed by atoms with E-state index in [0.717, 1.165) is 27.8 Å². The predicted octanol–water partition coefficient (Wildman–Crippen LogP) is 6.86. The van der Waals surface area contributed by atoms with E-state index in [2.05, 4.69) is 21.9 Å². The Kier molecular flexibility index (Phi) is 13.5. The monoisotopic (exact) mass is 777 g/mol. The Morgan fingerprint density at radius 2 is 1.48 bits per heavy atom. The molecule has 0 unspecified atom stereocenters. The largest absolute Gasteiger partial charge is 0.392 e. The maximum absolute atomic E-state index is 14.0. The molecule has 1 fully saturated rings. The number of aliphatic hydroxyl groups is 2. The fourth-order valence-corrected chi connectivity index (χ4v) is 8.15. The molecule has 10 nitrogen and oxygen atoms in total. The van der Waals surface area contributed by atoms with Crippen LogP contribution in [0.25, 0.3) is 0 Å². The summed E-state index contributed by atoms with van der Waals surface area (Å²) < 4.78 is 43.0. The first kappa shape index (κ1) is 40.9. The number of aryl methyl sites for hydroxylation is 1. The van der Waals surface area contributed by atoms with Crippen molar-refractivity contribution in [2.75, 3.05) is 18.9 Å². The standard InChI is InChI=1S/C45H51N3O7S/c1-30-18-24-39(25-19-30)56(52,53)47-40(26-33-12-7-5-8-13-33)44(51)46-38-17-11-16-37(27-38)45-54-41(28-48(4)32(3)42(50)35-14-9-6-10-15-35)31(2)43(55-45)36-22-20-34(29-49)21-23-36/h5-25,27,31-32,40-43,45,47,49-50H,26,28-29H2,1-4H3,(H,46,51)/t31-,32-,40+,41+,42-,43+,45+/m0/s1. The van der Waals surface area contributed by atoms with Crippen LogP contribution in [-0.4, -0.2) is 61.2 Å². The molecular weight excluding hydrogens is 727 g/mol. The molecule has 1 aliphatic rings. The molecule has 1 saturated heterocycles. The summed E-state index contributed by atoms with van der Waals surface area (Å²) in [6, 6.07) is 38.8. The van der Waals surface area contributed by atoms with E-state index in [1.54, 1.807) is 30.3 Å². The molecule has 5 aromatic rings. The highest BCUT2D eigenvalue weighted by Crippen LogP contribution is 2.42. The van der Waals surface area contributed by atoms with Crippen LogP contribution in [0.1, 0.15) is 65.7 Å². The Morgan fingerprint density at radius 1 is 0.821 bits per heavy atom. The summed E-state index contributed by atoms with van der Waals surface area (Å²) in [5.41, 5.74) is 5.39. The molecule has 56 heavy (non-hydrogen) atoms. The van der Waals surface area contributed by atoms with Gasteiger partial charge in [0, 0.05) is 29.8 Å². The van der Waals surface area contributed by atoms with E-state index >= 15 is 0 Å². The maximum atomic E-state index is 14.0. The zero-order valence-electron chi connectivity index (χ0n) is 32.2. The number of rotatable bonds is 15. The van der Waals surface area contributed by atoms with Gasteiger partial charge in [-0.15, -0.1) is 0 Å². The first-order valence-electron chi connectivity index (χ1n) is 18.9.